The Morgan fingerprint density at radius 1 is 1.38 bits per heavy atom. The Morgan fingerprint density at radius 3 is 2.81 bits per heavy atom. The standard InChI is InChI=1S/C10H19NO4S/c11-5-9-6-14-10(15-9)4-8-2-1-3-16(12,13)7-8/h8-10H,1-7,11H2. The minimum Gasteiger partial charge on any atom is -0.350 e. The first-order chi connectivity index (χ1) is 7.59. The van der Waals surface area contributed by atoms with E-state index in [2.05, 4.69) is 0 Å². The van der Waals surface area contributed by atoms with Crippen molar-refractivity contribution in [2.75, 3.05) is 24.7 Å². The lowest BCUT2D eigenvalue weighted by Gasteiger charge is -2.23. The van der Waals surface area contributed by atoms with E-state index in [1.807, 2.05) is 0 Å². The van der Waals surface area contributed by atoms with Gasteiger partial charge in [-0.1, -0.05) is 0 Å². The van der Waals surface area contributed by atoms with E-state index in [1.165, 1.54) is 0 Å². The second-order valence-corrected chi connectivity index (χ2v) is 6.84. The molecule has 0 saturated carbocycles. The van der Waals surface area contributed by atoms with E-state index in [4.69, 9.17) is 15.2 Å². The molecule has 2 aliphatic rings. The molecule has 2 fully saturated rings. The Balaban J connectivity index is 1.82. The lowest BCUT2D eigenvalue weighted by atomic mass is 10.0. The monoisotopic (exact) mass is 249 g/mol. The smallest absolute Gasteiger partial charge is 0.158 e. The summed E-state index contributed by atoms with van der Waals surface area (Å²) in [7, 11) is -2.83. The molecule has 3 unspecified atom stereocenters. The van der Waals surface area contributed by atoms with Gasteiger partial charge in [-0.2, -0.15) is 0 Å². The topological polar surface area (TPSA) is 78.6 Å². The van der Waals surface area contributed by atoms with Crippen LogP contribution in [0.1, 0.15) is 19.3 Å². The Morgan fingerprint density at radius 2 is 2.19 bits per heavy atom. The Kier molecular flexibility index (Phi) is 3.84. The molecule has 0 aromatic heterocycles. The molecule has 0 bridgehead atoms. The quantitative estimate of drug-likeness (QED) is 0.755. The number of hydrogen-bond donors (Lipinski definition) is 1. The number of sulfone groups is 1. The van der Waals surface area contributed by atoms with E-state index < -0.39 is 9.84 Å². The van der Waals surface area contributed by atoms with Gasteiger partial charge in [-0.3, -0.25) is 0 Å². The zero-order chi connectivity index (χ0) is 11.6. The summed E-state index contributed by atoms with van der Waals surface area (Å²) in [5.41, 5.74) is 5.47. The summed E-state index contributed by atoms with van der Waals surface area (Å²) < 4.78 is 33.9. The van der Waals surface area contributed by atoms with Gasteiger partial charge >= 0.3 is 0 Å². The van der Waals surface area contributed by atoms with Gasteiger partial charge in [-0.15, -0.1) is 0 Å². The van der Waals surface area contributed by atoms with Gasteiger partial charge in [0.05, 0.1) is 24.2 Å². The first kappa shape index (κ1) is 12.3. The molecule has 2 N–H and O–H groups in total. The lowest BCUT2D eigenvalue weighted by molar-refractivity contribution is -0.0691. The third kappa shape index (κ3) is 3.16. The van der Waals surface area contributed by atoms with Crippen LogP contribution in [0.2, 0.25) is 0 Å². The fourth-order valence-corrected chi connectivity index (χ4v) is 4.12. The lowest BCUT2D eigenvalue weighted by Crippen LogP contribution is -2.29. The van der Waals surface area contributed by atoms with Gasteiger partial charge in [0.15, 0.2) is 16.1 Å². The predicted molar refractivity (Wildman–Crippen MR) is 59.7 cm³/mol. The van der Waals surface area contributed by atoms with Gasteiger partial charge < -0.3 is 15.2 Å². The molecular weight excluding hydrogens is 230 g/mol. The van der Waals surface area contributed by atoms with Crippen molar-refractivity contribution in [2.45, 2.75) is 31.7 Å². The van der Waals surface area contributed by atoms with E-state index in [-0.39, 0.29) is 24.1 Å². The molecule has 0 spiro atoms. The average molecular weight is 249 g/mol. The summed E-state index contributed by atoms with van der Waals surface area (Å²) >= 11 is 0. The third-order valence-corrected chi connectivity index (χ3v) is 5.05. The minimum absolute atomic E-state index is 0.0230. The molecule has 6 heteroatoms. The number of hydrogen-bond acceptors (Lipinski definition) is 5. The molecule has 3 atom stereocenters. The molecule has 2 rings (SSSR count). The summed E-state index contributed by atoms with van der Waals surface area (Å²) in [6.45, 7) is 0.986. The van der Waals surface area contributed by atoms with Crippen molar-refractivity contribution in [3.63, 3.8) is 0 Å². The maximum absolute atomic E-state index is 11.5. The van der Waals surface area contributed by atoms with E-state index in [1.54, 1.807) is 0 Å². The molecule has 0 aliphatic carbocycles. The molecule has 0 aromatic rings. The van der Waals surface area contributed by atoms with Gasteiger partial charge in [0.25, 0.3) is 0 Å². The molecule has 0 amide bonds. The number of nitrogens with two attached hydrogens (primary N) is 1. The fraction of sp³-hybridized carbons (Fsp3) is 1.00. The Bertz CT molecular complexity index is 330. The van der Waals surface area contributed by atoms with Crippen molar-refractivity contribution in [2.24, 2.45) is 11.7 Å². The van der Waals surface area contributed by atoms with Gasteiger partial charge in [0.2, 0.25) is 0 Å². The predicted octanol–water partition coefficient (Wildman–Crippen LogP) is -0.0985. The van der Waals surface area contributed by atoms with Crippen molar-refractivity contribution < 1.29 is 17.9 Å². The van der Waals surface area contributed by atoms with Crippen LogP contribution in [0.25, 0.3) is 0 Å². The van der Waals surface area contributed by atoms with E-state index in [9.17, 15) is 8.42 Å². The van der Waals surface area contributed by atoms with Crippen LogP contribution >= 0.6 is 0 Å². The van der Waals surface area contributed by atoms with Gasteiger partial charge in [-0.05, 0) is 18.8 Å². The van der Waals surface area contributed by atoms with Gasteiger partial charge in [0.1, 0.15) is 0 Å². The van der Waals surface area contributed by atoms with Crippen molar-refractivity contribution in [1.29, 1.82) is 0 Å². The first-order valence-corrected chi connectivity index (χ1v) is 7.59. The van der Waals surface area contributed by atoms with Crippen LogP contribution in [0, 0.1) is 5.92 Å². The average Bonchev–Trinajstić information content (AvgIpc) is 2.64. The van der Waals surface area contributed by atoms with Crippen LogP contribution in [0.4, 0.5) is 0 Å². The van der Waals surface area contributed by atoms with Gasteiger partial charge in [0, 0.05) is 13.0 Å². The summed E-state index contributed by atoms with van der Waals surface area (Å²) in [6, 6.07) is 0. The molecule has 2 heterocycles. The Labute approximate surface area is 96.2 Å². The highest BCUT2D eigenvalue weighted by atomic mass is 32.2. The third-order valence-electron chi connectivity index (χ3n) is 3.16. The number of rotatable bonds is 3. The van der Waals surface area contributed by atoms with E-state index in [0.717, 1.165) is 12.8 Å². The summed E-state index contributed by atoms with van der Waals surface area (Å²) in [5.74, 6) is 0.797. The second kappa shape index (κ2) is 5.00. The van der Waals surface area contributed by atoms with Crippen molar-refractivity contribution in [3.05, 3.63) is 0 Å². The second-order valence-electron chi connectivity index (χ2n) is 4.62. The highest BCUT2D eigenvalue weighted by Crippen LogP contribution is 2.26. The fourth-order valence-electron chi connectivity index (χ4n) is 2.33. The summed E-state index contributed by atoms with van der Waals surface area (Å²) in [6.07, 6.45) is 2.11. The number of ether oxygens (including phenoxy) is 2. The molecule has 0 radical (unpaired) electrons. The van der Waals surface area contributed by atoms with E-state index in [0.29, 0.717) is 25.3 Å². The molecule has 94 valence electrons. The maximum atomic E-state index is 11.5. The Hall–Kier alpha value is -0.170. The maximum Gasteiger partial charge on any atom is 0.158 e. The normalized spacial score (nSPS) is 38.7. The summed E-state index contributed by atoms with van der Waals surface area (Å²) in [4.78, 5) is 0. The van der Waals surface area contributed by atoms with Crippen LogP contribution in [-0.2, 0) is 19.3 Å². The van der Waals surface area contributed by atoms with Crippen LogP contribution in [-0.4, -0.2) is 45.5 Å². The summed E-state index contributed by atoms with van der Waals surface area (Å²) in [5, 5.41) is 0. The zero-order valence-electron chi connectivity index (χ0n) is 9.30. The highest BCUT2D eigenvalue weighted by molar-refractivity contribution is 7.91. The zero-order valence-corrected chi connectivity index (χ0v) is 10.1. The van der Waals surface area contributed by atoms with Crippen LogP contribution in [0.3, 0.4) is 0 Å². The van der Waals surface area contributed by atoms with Crippen LogP contribution in [0.15, 0.2) is 0 Å². The largest absolute Gasteiger partial charge is 0.350 e. The van der Waals surface area contributed by atoms with Gasteiger partial charge in [-0.25, -0.2) is 8.42 Å². The molecule has 2 saturated heterocycles. The van der Waals surface area contributed by atoms with Crippen molar-refractivity contribution in [1.82, 2.24) is 0 Å². The molecule has 5 nitrogen and oxygen atoms in total. The van der Waals surface area contributed by atoms with Crippen molar-refractivity contribution >= 4 is 9.84 Å². The van der Waals surface area contributed by atoms with E-state index >= 15 is 0 Å². The molecule has 2 aliphatic heterocycles. The highest BCUT2D eigenvalue weighted by Gasteiger charge is 2.31. The molecule has 0 aromatic carbocycles. The minimum atomic E-state index is -2.83. The first-order valence-electron chi connectivity index (χ1n) is 5.76. The SMILES string of the molecule is NCC1COC(CC2CCCS(=O)(=O)C2)O1. The molecule has 16 heavy (non-hydrogen) atoms. The van der Waals surface area contributed by atoms with Crippen LogP contribution < -0.4 is 5.73 Å². The van der Waals surface area contributed by atoms with Crippen molar-refractivity contribution in [3.8, 4) is 0 Å². The molecular formula is C10H19NO4S. The van der Waals surface area contributed by atoms with Crippen LogP contribution in [0.5, 0.6) is 0 Å².